The van der Waals surface area contributed by atoms with Gasteiger partial charge in [0.2, 0.25) is 5.91 Å². The predicted octanol–water partition coefficient (Wildman–Crippen LogP) is 5.74. The van der Waals surface area contributed by atoms with Crippen LogP contribution in [0.25, 0.3) is 0 Å². The fourth-order valence-corrected chi connectivity index (χ4v) is 3.57. The van der Waals surface area contributed by atoms with Crippen LogP contribution in [0.15, 0.2) is 0 Å². The molecule has 0 aliphatic carbocycles. The molecule has 2 unspecified atom stereocenters. The van der Waals surface area contributed by atoms with Gasteiger partial charge in [-0.1, -0.05) is 41.5 Å². The SMILES string of the molecule is CC(=O)CC(C)C(=O)NCC(F)(F)F.CCCC(=O)C(C)C.CCCC(=O)CS(C)=O.CCCC(=O)CSC. The second-order valence-electron chi connectivity index (χ2n) is 9.24. The zero-order chi connectivity index (χ0) is 31.6. The highest BCUT2D eigenvalue weighted by molar-refractivity contribution is 7.99. The molecule has 0 aromatic carbocycles. The molecule has 2 atom stereocenters. The molecule has 0 fully saturated rings. The first-order valence-corrected chi connectivity index (χ1v) is 16.2. The minimum Gasteiger partial charge on any atom is -0.347 e. The average molecular weight is 606 g/mol. The van der Waals surface area contributed by atoms with Gasteiger partial charge in [-0.3, -0.25) is 23.4 Å². The average Bonchev–Trinajstić information content (AvgIpc) is 2.78. The molecule has 0 heterocycles. The van der Waals surface area contributed by atoms with Gasteiger partial charge < -0.3 is 10.1 Å². The van der Waals surface area contributed by atoms with Gasteiger partial charge in [-0.15, -0.1) is 0 Å². The number of carbonyl (C=O) groups excluding carboxylic acids is 5. The molecule has 0 radical (unpaired) electrons. The molecule has 232 valence electrons. The number of Topliss-reactive ketones (excluding diaryl/α,β-unsaturated/α-hetero) is 4. The molecule has 1 amide bonds. The summed E-state index contributed by atoms with van der Waals surface area (Å²) in [4.78, 5) is 53.5. The summed E-state index contributed by atoms with van der Waals surface area (Å²) in [6.07, 6.45) is 3.95. The lowest BCUT2D eigenvalue weighted by atomic mass is 10.1. The Balaban J connectivity index is -0.000000217. The number of rotatable bonds is 15. The van der Waals surface area contributed by atoms with E-state index in [2.05, 4.69) is 0 Å². The Hall–Kier alpha value is -1.56. The highest BCUT2D eigenvalue weighted by Crippen LogP contribution is 2.13. The number of hydrogen-bond donors (Lipinski definition) is 1. The fourth-order valence-electron chi connectivity index (χ4n) is 2.51. The van der Waals surface area contributed by atoms with E-state index >= 15 is 0 Å². The quantitative estimate of drug-likeness (QED) is 0.253. The first-order valence-electron chi connectivity index (χ1n) is 13.1. The molecule has 7 nitrogen and oxygen atoms in total. The molecule has 0 aliphatic rings. The summed E-state index contributed by atoms with van der Waals surface area (Å²) >= 11 is 1.60. The van der Waals surface area contributed by atoms with Crippen molar-refractivity contribution in [1.29, 1.82) is 0 Å². The molecule has 0 aromatic rings. The second kappa shape index (κ2) is 28.0. The summed E-state index contributed by atoms with van der Waals surface area (Å²) < 4.78 is 45.4. The van der Waals surface area contributed by atoms with Gasteiger partial charge in [0.15, 0.2) is 0 Å². The maximum atomic E-state index is 11.7. The lowest BCUT2D eigenvalue weighted by Gasteiger charge is -2.12. The van der Waals surface area contributed by atoms with E-state index in [1.807, 2.05) is 40.9 Å². The van der Waals surface area contributed by atoms with E-state index < -0.39 is 35.3 Å². The molecule has 0 saturated carbocycles. The van der Waals surface area contributed by atoms with Gasteiger partial charge in [-0.25, -0.2) is 0 Å². The monoisotopic (exact) mass is 605 g/mol. The number of halogens is 3. The molecule has 1 N–H and O–H groups in total. The molecular formula is C27H50F3NO6S2. The lowest BCUT2D eigenvalue weighted by molar-refractivity contribution is -0.141. The molecule has 39 heavy (non-hydrogen) atoms. The van der Waals surface area contributed by atoms with Crippen LogP contribution in [0.2, 0.25) is 0 Å². The van der Waals surface area contributed by atoms with Crippen LogP contribution >= 0.6 is 11.8 Å². The van der Waals surface area contributed by atoms with Crippen molar-refractivity contribution in [3.8, 4) is 0 Å². The Kier molecular flexibility index (Phi) is 31.9. The number of amides is 1. The molecule has 0 spiro atoms. The van der Waals surface area contributed by atoms with E-state index in [1.54, 1.807) is 23.3 Å². The number of nitrogens with one attached hydrogen (secondary N) is 1. The summed E-state index contributed by atoms with van der Waals surface area (Å²) in [5, 5.41) is 1.71. The summed E-state index contributed by atoms with van der Waals surface area (Å²) in [6, 6.07) is 0. The first kappa shape index (κ1) is 44.5. The molecule has 0 rings (SSSR count). The fraction of sp³-hybridized carbons (Fsp3) is 0.815. The number of carbonyl (C=O) groups is 5. The van der Waals surface area contributed by atoms with E-state index in [9.17, 15) is 41.4 Å². The number of ketones is 4. The summed E-state index contributed by atoms with van der Waals surface area (Å²) in [7, 11) is -0.947. The minimum absolute atomic E-state index is 0.0380. The summed E-state index contributed by atoms with van der Waals surface area (Å²) in [6.45, 7) is 11.2. The van der Waals surface area contributed by atoms with Crippen molar-refractivity contribution in [2.75, 3.05) is 30.6 Å². The maximum absolute atomic E-state index is 11.7. The van der Waals surface area contributed by atoms with Crippen molar-refractivity contribution in [3.05, 3.63) is 0 Å². The van der Waals surface area contributed by atoms with Crippen LogP contribution in [-0.2, 0) is 34.8 Å². The van der Waals surface area contributed by atoms with E-state index in [4.69, 9.17) is 0 Å². The topological polar surface area (TPSA) is 114 Å². The van der Waals surface area contributed by atoms with Crippen LogP contribution in [0.4, 0.5) is 13.2 Å². The van der Waals surface area contributed by atoms with Gasteiger partial charge in [0.1, 0.15) is 29.7 Å². The summed E-state index contributed by atoms with van der Waals surface area (Å²) in [5.74, 6) is 0.328. The van der Waals surface area contributed by atoms with Crippen molar-refractivity contribution in [3.63, 3.8) is 0 Å². The van der Waals surface area contributed by atoms with Crippen molar-refractivity contribution in [1.82, 2.24) is 5.32 Å². The van der Waals surface area contributed by atoms with E-state index in [0.717, 1.165) is 32.1 Å². The van der Waals surface area contributed by atoms with Gasteiger partial charge in [-0.05, 0) is 32.4 Å². The van der Waals surface area contributed by atoms with Crippen LogP contribution in [0.5, 0.6) is 0 Å². The highest BCUT2D eigenvalue weighted by atomic mass is 32.2. The van der Waals surface area contributed by atoms with E-state index in [0.29, 0.717) is 23.7 Å². The van der Waals surface area contributed by atoms with E-state index in [1.165, 1.54) is 13.8 Å². The van der Waals surface area contributed by atoms with E-state index in [-0.39, 0.29) is 29.7 Å². The third kappa shape index (κ3) is 41.1. The Bertz CT molecular complexity index is 721. The van der Waals surface area contributed by atoms with Crippen molar-refractivity contribution in [2.45, 2.75) is 99.6 Å². The number of thioether (sulfide) groups is 1. The molecule has 0 bridgehead atoms. The Morgan fingerprint density at radius 2 is 1.33 bits per heavy atom. The number of alkyl halides is 3. The maximum Gasteiger partial charge on any atom is 0.405 e. The van der Waals surface area contributed by atoms with Crippen LogP contribution in [-0.4, -0.2) is 70.0 Å². The van der Waals surface area contributed by atoms with Gasteiger partial charge in [0, 0.05) is 54.6 Å². The van der Waals surface area contributed by atoms with Gasteiger partial charge >= 0.3 is 6.18 Å². The van der Waals surface area contributed by atoms with Crippen molar-refractivity contribution in [2.24, 2.45) is 11.8 Å². The highest BCUT2D eigenvalue weighted by Gasteiger charge is 2.28. The summed E-state index contributed by atoms with van der Waals surface area (Å²) in [5.41, 5.74) is 0. The zero-order valence-corrected chi connectivity index (χ0v) is 26.8. The Labute approximate surface area is 240 Å². The van der Waals surface area contributed by atoms with Crippen LogP contribution in [0, 0.1) is 11.8 Å². The van der Waals surface area contributed by atoms with Crippen molar-refractivity contribution < 1.29 is 41.4 Å². The Morgan fingerprint density at radius 3 is 1.64 bits per heavy atom. The van der Waals surface area contributed by atoms with Crippen LogP contribution in [0.3, 0.4) is 0 Å². The molecule has 0 aliphatic heterocycles. The molecule has 0 saturated heterocycles. The smallest absolute Gasteiger partial charge is 0.347 e. The Morgan fingerprint density at radius 1 is 0.872 bits per heavy atom. The normalized spacial score (nSPS) is 11.8. The van der Waals surface area contributed by atoms with Gasteiger partial charge in [0.05, 0.1) is 11.5 Å². The minimum atomic E-state index is -4.41. The third-order valence-corrected chi connectivity index (χ3v) is 5.71. The van der Waals surface area contributed by atoms with Gasteiger partial charge in [0.25, 0.3) is 0 Å². The van der Waals surface area contributed by atoms with Crippen molar-refractivity contribution >= 4 is 51.6 Å². The standard InChI is InChI=1S/C8H12F3NO2.C7H14O.C6H12O2S.C6H12OS/c1-5(3-6(2)13)7(14)12-4-8(9,10)11;1-4-5-7(8)6(2)3;1-3-4-6(7)5-9(2)8;1-3-4-6(7)5-8-2/h5H,3-4H2,1-2H3,(H,12,14);6H,4-5H2,1-3H3;3-5H2,1-2H3;3-5H2,1-2H3. The second-order valence-corrected chi connectivity index (χ2v) is 11.5. The largest absolute Gasteiger partial charge is 0.405 e. The van der Waals surface area contributed by atoms with Crippen LogP contribution in [0.1, 0.15) is 93.4 Å². The lowest BCUT2D eigenvalue weighted by Crippen LogP contribution is -2.37. The molecule has 12 heteroatoms. The first-order chi connectivity index (χ1) is 17.9. The third-order valence-electron chi connectivity index (χ3n) is 4.37. The number of hydrogen-bond acceptors (Lipinski definition) is 7. The molecule has 0 aromatic heterocycles. The molecular weight excluding hydrogens is 555 g/mol. The van der Waals surface area contributed by atoms with Crippen LogP contribution < -0.4 is 5.32 Å². The predicted molar refractivity (Wildman–Crippen MR) is 155 cm³/mol. The zero-order valence-electron chi connectivity index (χ0n) is 25.1. The van der Waals surface area contributed by atoms with Gasteiger partial charge in [-0.2, -0.15) is 24.9 Å².